The number of aromatic nitrogens is 2. The van der Waals surface area contributed by atoms with Crippen molar-refractivity contribution >= 4 is 38.2 Å². The van der Waals surface area contributed by atoms with Crippen molar-refractivity contribution < 1.29 is 24.1 Å². The van der Waals surface area contributed by atoms with Crippen LogP contribution in [0.4, 0.5) is 15.8 Å². The molecule has 0 amide bonds. The lowest BCUT2D eigenvalue weighted by atomic mass is 10.1. The molecule has 1 aliphatic rings. The Bertz CT molecular complexity index is 1110. The summed E-state index contributed by atoms with van der Waals surface area (Å²) < 4.78 is 25.6. The Balaban J connectivity index is 1.72. The van der Waals surface area contributed by atoms with Crippen LogP contribution in [0, 0.1) is 6.08 Å². The number of aliphatic hydroxyl groups excluding tert-OH is 1. The number of halogens is 2. The van der Waals surface area contributed by atoms with E-state index < -0.39 is 12.4 Å². The number of likely N-dealkylation sites (tertiary alicyclic amines) is 1. The molecule has 32 heavy (non-hydrogen) atoms. The number of aliphatic hydroxyl groups is 1. The Labute approximate surface area is 193 Å². The summed E-state index contributed by atoms with van der Waals surface area (Å²) in [6, 6.07) is 8.16. The zero-order valence-corrected chi connectivity index (χ0v) is 19.1. The van der Waals surface area contributed by atoms with E-state index in [9.17, 15) is 14.6 Å². The first-order valence-corrected chi connectivity index (χ1v) is 11.1. The van der Waals surface area contributed by atoms with Crippen LogP contribution in [-0.2, 0) is 0 Å². The van der Waals surface area contributed by atoms with Crippen LogP contribution in [0.1, 0.15) is 19.3 Å². The highest BCUT2D eigenvalue weighted by Gasteiger charge is 2.23. The van der Waals surface area contributed by atoms with Crippen molar-refractivity contribution in [3.8, 4) is 17.2 Å². The minimum atomic E-state index is -1.09. The van der Waals surface area contributed by atoms with Crippen molar-refractivity contribution in [2.45, 2.75) is 25.6 Å². The maximum Gasteiger partial charge on any atom is 0.310 e. The molecule has 3 aromatic rings. The van der Waals surface area contributed by atoms with Gasteiger partial charge < -0.3 is 29.9 Å². The molecule has 3 N–H and O–H groups in total. The van der Waals surface area contributed by atoms with E-state index in [1.165, 1.54) is 19.2 Å². The van der Waals surface area contributed by atoms with Crippen LogP contribution in [0.15, 0.2) is 34.9 Å². The quantitative estimate of drug-likeness (QED) is 0.181. The molecule has 0 radical (unpaired) electrons. The van der Waals surface area contributed by atoms with E-state index in [-0.39, 0.29) is 27.4 Å². The third kappa shape index (κ3) is 4.87. The second-order valence-corrected chi connectivity index (χ2v) is 8.26. The fourth-order valence-corrected chi connectivity index (χ4v) is 4.36. The van der Waals surface area contributed by atoms with E-state index in [0.29, 0.717) is 29.7 Å². The van der Waals surface area contributed by atoms with Crippen LogP contribution in [0.5, 0.6) is 17.2 Å². The number of nitrogens with zero attached hydrogens (tertiary/aromatic N) is 3. The highest BCUT2D eigenvalue weighted by molar-refractivity contribution is 9.10. The predicted molar refractivity (Wildman–Crippen MR) is 122 cm³/mol. The van der Waals surface area contributed by atoms with Gasteiger partial charge in [-0.3, -0.25) is 0 Å². The summed E-state index contributed by atoms with van der Waals surface area (Å²) in [5.41, 5.74) is 1.00. The van der Waals surface area contributed by atoms with E-state index in [0.717, 1.165) is 25.9 Å². The van der Waals surface area contributed by atoms with E-state index in [1.54, 1.807) is 18.2 Å². The number of fused-ring (bicyclic) bond motifs is 1. The molecule has 2 heterocycles. The third-order valence-electron chi connectivity index (χ3n) is 5.36. The molecule has 170 valence electrons. The molecular weight excluding hydrogens is 483 g/mol. The van der Waals surface area contributed by atoms with Gasteiger partial charge in [-0.1, -0.05) is 12.1 Å². The van der Waals surface area contributed by atoms with Crippen molar-refractivity contribution in [2.24, 2.45) is 0 Å². The second kappa shape index (κ2) is 9.85. The molecule has 1 aliphatic heterocycles. The largest absolute Gasteiger partial charge is 0.506 e. The van der Waals surface area contributed by atoms with Gasteiger partial charge in [0.2, 0.25) is 0 Å². The van der Waals surface area contributed by atoms with E-state index in [2.05, 4.69) is 36.1 Å². The van der Waals surface area contributed by atoms with Crippen molar-refractivity contribution in [1.82, 2.24) is 14.9 Å². The number of ether oxygens (including phenoxy) is 2. The first-order valence-electron chi connectivity index (χ1n) is 10.3. The number of aromatic hydroxyl groups is 1. The van der Waals surface area contributed by atoms with Crippen molar-refractivity contribution in [2.75, 3.05) is 32.1 Å². The summed E-state index contributed by atoms with van der Waals surface area (Å²) in [5, 5.41) is 24.3. The van der Waals surface area contributed by atoms with Gasteiger partial charge in [-0.25, -0.2) is 4.98 Å². The molecule has 0 saturated carbocycles. The maximum absolute atomic E-state index is 14.0. The lowest BCUT2D eigenvalue weighted by molar-refractivity contribution is -0.0291. The Morgan fingerprint density at radius 2 is 2.00 bits per heavy atom. The molecule has 0 bridgehead atoms. The summed E-state index contributed by atoms with van der Waals surface area (Å²) in [6.45, 7) is 2.75. The summed E-state index contributed by atoms with van der Waals surface area (Å²) in [7, 11) is 1.46. The van der Waals surface area contributed by atoms with Crippen molar-refractivity contribution in [3.05, 3.63) is 41.0 Å². The SMILES string of the molecule is COc1c(OC(O)CCN2CCCC2)cc2nc(F)nc(Br)c2c1Nc1ccccc1O. The topological polar surface area (TPSA) is 100.0 Å². The van der Waals surface area contributed by atoms with Crippen molar-refractivity contribution in [1.29, 1.82) is 0 Å². The number of para-hydroxylation sites is 2. The normalized spacial score (nSPS) is 15.1. The molecular formula is C22H24BrFN4O4. The average molecular weight is 507 g/mol. The number of hydrogen-bond donors (Lipinski definition) is 3. The summed E-state index contributed by atoms with van der Waals surface area (Å²) in [6.07, 6.45) is 0.734. The minimum absolute atomic E-state index is 0.0128. The van der Waals surface area contributed by atoms with Gasteiger partial charge in [-0.2, -0.15) is 9.37 Å². The number of methoxy groups -OCH3 is 1. The first kappa shape index (κ1) is 22.5. The van der Waals surface area contributed by atoms with E-state index >= 15 is 0 Å². The summed E-state index contributed by atoms with van der Waals surface area (Å²) >= 11 is 3.29. The highest BCUT2D eigenvalue weighted by atomic mass is 79.9. The lowest BCUT2D eigenvalue weighted by Crippen LogP contribution is -2.27. The van der Waals surface area contributed by atoms with Gasteiger partial charge in [0.25, 0.3) is 0 Å². The Hall–Kier alpha value is -2.69. The molecule has 0 aliphatic carbocycles. The smallest absolute Gasteiger partial charge is 0.310 e. The molecule has 1 atom stereocenters. The number of benzene rings is 2. The molecule has 10 heteroatoms. The van der Waals surface area contributed by atoms with E-state index in [1.807, 2.05) is 0 Å². The summed E-state index contributed by atoms with van der Waals surface area (Å²) in [4.78, 5) is 9.90. The first-order chi connectivity index (χ1) is 15.5. The van der Waals surface area contributed by atoms with Gasteiger partial charge in [-0.15, -0.1) is 0 Å². The predicted octanol–water partition coefficient (Wildman–Crippen LogP) is 4.17. The third-order valence-corrected chi connectivity index (χ3v) is 5.93. The van der Waals surface area contributed by atoms with Crippen LogP contribution in [0.3, 0.4) is 0 Å². The average Bonchev–Trinajstić information content (AvgIpc) is 3.27. The second-order valence-electron chi connectivity index (χ2n) is 7.51. The summed E-state index contributed by atoms with van der Waals surface area (Å²) in [5.74, 6) is 0.465. The molecule has 8 nitrogen and oxygen atoms in total. The number of nitrogens with one attached hydrogen (secondary N) is 1. The van der Waals surface area contributed by atoms with Gasteiger partial charge in [0.1, 0.15) is 10.4 Å². The fraction of sp³-hybridized carbons (Fsp3) is 0.364. The lowest BCUT2D eigenvalue weighted by Gasteiger charge is -2.22. The molecule has 1 fully saturated rings. The van der Waals surface area contributed by atoms with Gasteiger partial charge in [0.05, 0.1) is 29.4 Å². The number of rotatable bonds is 8. The van der Waals surface area contributed by atoms with Crippen molar-refractivity contribution in [3.63, 3.8) is 0 Å². The molecule has 4 rings (SSSR count). The van der Waals surface area contributed by atoms with Gasteiger partial charge in [-0.05, 0) is 54.0 Å². The number of hydrogen-bond acceptors (Lipinski definition) is 8. The van der Waals surface area contributed by atoms with Gasteiger partial charge in [0.15, 0.2) is 17.8 Å². The van der Waals surface area contributed by atoms with E-state index in [4.69, 9.17) is 9.47 Å². The van der Waals surface area contributed by atoms with Gasteiger partial charge in [0, 0.05) is 19.0 Å². The molecule has 2 aromatic carbocycles. The van der Waals surface area contributed by atoms with Crippen LogP contribution >= 0.6 is 15.9 Å². The maximum atomic E-state index is 14.0. The molecule has 0 spiro atoms. The van der Waals surface area contributed by atoms with Crippen LogP contribution in [0.25, 0.3) is 10.9 Å². The monoisotopic (exact) mass is 506 g/mol. The Kier molecular flexibility index (Phi) is 6.92. The zero-order valence-electron chi connectivity index (χ0n) is 17.5. The number of anilines is 2. The highest BCUT2D eigenvalue weighted by Crippen LogP contribution is 2.45. The van der Waals surface area contributed by atoms with Crippen LogP contribution in [-0.4, -0.2) is 58.1 Å². The fourth-order valence-electron chi connectivity index (χ4n) is 3.81. The number of phenolic OH excluding ortho intramolecular Hbond substituents is 1. The zero-order chi connectivity index (χ0) is 22.7. The minimum Gasteiger partial charge on any atom is -0.506 e. The van der Waals surface area contributed by atoms with Crippen LogP contribution in [0.2, 0.25) is 0 Å². The number of phenols is 1. The standard InChI is InChI=1S/C22H24BrFN4O4/c1-31-20-16(32-17(30)8-11-28-9-4-5-10-28)12-14-18(21(23)27-22(24)26-14)19(20)25-13-6-2-3-7-15(13)29/h2-3,6-7,12,17,25,29-30H,4-5,8-11H2,1H3. The van der Waals surface area contributed by atoms with Crippen LogP contribution < -0.4 is 14.8 Å². The molecule has 1 saturated heterocycles. The Morgan fingerprint density at radius 3 is 2.72 bits per heavy atom. The molecule has 1 unspecified atom stereocenters. The molecule has 1 aromatic heterocycles. The van der Waals surface area contributed by atoms with Gasteiger partial charge >= 0.3 is 6.08 Å². The Morgan fingerprint density at radius 1 is 1.25 bits per heavy atom.